The average molecular weight is 382 g/mol. The summed E-state index contributed by atoms with van der Waals surface area (Å²) in [6.07, 6.45) is 1.34. The lowest BCUT2D eigenvalue weighted by molar-refractivity contribution is -0.116. The molecule has 2 aromatic carbocycles. The third-order valence-corrected chi connectivity index (χ3v) is 3.85. The summed E-state index contributed by atoms with van der Waals surface area (Å²) in [4.78, 5) is 11.8. The van der Waals surface area contributed by atoms with E-state index in [9.17, 15) is 4.79 Å². The summed E-state index contributed by atoms with van der Waals surface area (Å²) in [7, 11) is 0. The van der Waals surface area contributed by atoms with E-state index in [-0.39, 0.29) is 5.91 Å². The Morgan fingerprint density at radius 3 is 2.68 bits per heavy atom. The summed E-state index contributed by atoms with van der Waals surface area (Å²) in [6.45, 7) is 1.48. The zero-order valence-electron chi connectivity index (χ0n) is 12.1. The molecule has 0 bridgehead atoms. The molecule has 1 amide bonds. The number of rotatable bonds is 7. The number of amides is 1. The fourth-order valence-electron chi connectivity index (χ4n) is 2.04. The quantitative estimate of drug-likeness (QED) is 0.704. The SMILES string of the molecule is O=C(CCNCCc1cccc(Cl)c1)Nc1cccc(Br)c1. The van der Waals surface area contributed by atoms with E-state index in [0.717, 1.165) is 28.1 Å². The number of hydrogen-bond acceptors (Lipinski definition) is 2. The van der Waals surface area contributed by atoms with E-state index in [0.29, 0.717) is 13.0 Å². The Labute approximate surface area is 144 Å². The molecule has 0 saturated carbocycles. The lowest BCUT2D eigenvalue weighted by Gasteiger charge is -2.07. The van der Waals surface area contributed by atoms with Gasteiger partial charge in [-0.15, -0.1) is 0 Å². The normalized spacial score (nSPS) is 10.5. The molecule has 0 spiro atoms. The van der Waals surface area contributed by atoms with E-state index in [4.69, 9.17) is 11.6 Å². The van der Waals surface area contributed by atoms with Crippen molar-refractivity contribution >= 4 is 39.1 Å². The van der Waals surface area contributed by atoms with Crippen LogP contribution in [0.5, 0.6) is 0 Å². The topological polar surface area (TPSA) is 41.1 Å². The maximum absolute atomic E-state index is 11.8. The smallest absolute Gasteiger partial charge is 0.225 e. The zero-order valence-corrected chi connectivity index (χ0v) is 14.5. The average Bonchev–Trinajstić information content (AvgIpc) is 2.47. The number of nitrogens with one attached hydrogen (secondary N) is 2. The van der Waals surface area contributed by atoms with Crippen LogP contribution in [0, 0.1) is 0 Å². The van der Waals surface area contributed by atoms with Crippen molar-refractivity contribution in [2.24, 2.45) is 0 Å². The van der Waals surface area contributed by atoms with Crippen molar-refractivity contribution in [3.63, 3.8) is 0 Å². The molecule has 0 aliphatic rings. The maximum atomic E-state index is 11.8. The molecule has 3 nitrogen and oxygen atoms in total. The fourth-order valence-corrected chi connectivity index (χ4v) is 2.65. The second-order valence-electron chi connectivity index (χ2n) is 4.94. The number of carbonyl (C=O) groups excluding carboxylic acids is 1. The highest BCUT2D eigenvalue weighted by Crippen LogP contribution is 2.15. The lowest BCUT2D eigenvalue weighted by Crippen LogP contribution is -2.23. The number of halogens is 2. The molecule has 116 valence electrons. The first kappa shape index (κ1) is 17.0. The van der Waals surface area contributed by atoms with Crippen LogP contribution < -0.4 is 10.6 Å². The molecule has 22 heavy (non-hydrogen) atoms. The Balaban J connectivity index is 1.63. The highest BCUT2D eigenvalue weighted by Gasteiger charge is 2.02. The molecule has 0 saturated heterocycles. The van der Waals surface area contributed by atoms with E-state index in [1.807, 2.05) is 48.5 Å². The second kappa shape index (κ2) is 8.93. The molecule has 0 unspecified atom stereocenters. The first-order chi connectivity index (χ1) is 10.6. The highest BCUT2D eigenvalue weighted by atomic mass is 79.9. The highest BCUT2D eigenvalue weighted by molar-refractivity contribution is 9.10. The lowest BCUT2D eigenvalue weighted by atomic mass is 10.1. The molecule has 0 heterocycles. The Morgan fingerprint density at radius 1 is 1.09 bits per heavy atom. The van der Waals surface area contributed by atoms with Gasteiger partial charge in [0, 0.05) is 28.1 Å². The van der Waals surface area contributed by atoms with Crippen LogP contribution in [0.15, 0.2) is 53.0 Å². The van der Waals surface area contributed by atoms with E-state index >= 15 is 0 Å². The predicted octanol–water partition coefficient (Wildman–Crippen LogP) is 4.26. The van der Waals surface area contributed by atoms with Crippen LogP contribution in [-0.2, 0) is 11.2 Å². The van der Waals surface area contributed by atoms with Gasteiger partial charge >= 0.3 is 0 Å². The van der Waals surface area contributed by atoms with Gasteiger partial charge in [-0.25, -0.2) is 0 Å². The van der Waals surface area contributed by atoms with Gasteiger partial charge < -0.3 is 10.6 Å². The molecule has 0 aliphatic heterocycles. The predicted molar refractivity (Wildman–Crippen MR) is 95.4 cm³/mol. The minimum atomic E-state index is 0.00774. The minimum Gasteiger partial charge on any atom is -0.326 e. The van der Waals surface area contributed by atoms with Gasteiger partial charge in [-0.05, 0) is 48.9 Å². The first-order valence-electron chi connectivity index (χ1n) is 7.14. The number of anilines is 1. The van der Waals surface area contributed by atoms with Crippen molar-refractivity contribution in [1.82, 2.24) is 5.32 Å². The Hall–Kier alpha value is -1.36. The van der Waals surface area contributed by atoms with Crippen LogP contribution >= 0.6 is 27.5 Å². The summed E-state index contributed by atoms with van der Waals surface area (Å²) in [5.74, 6) is 0.00774. The van der Waals surface area contributed by atoms with Gasteiger partial charge in [-0.1, -0.05) is 45.7 Å². The summed E-state index contributed by atoms with van der Waals surface area (Å²) < 4.78 is 0.949. The molecule has 2 rings (SSSR count). The molecule has 0 aromatic heterocycles. The fraction of sp³-hybridized carbons (Fsp3) is 0.235. The van der Waals surface area contributed by atoms with Crippen molar-refractivity contribution in [2.45, 2.75) is 12.8 Å². The largest absolute Gasteiger partial charge is 0.326 e. The molecular weight excluding hydrogens is 364 g/mol. The van der Waals surface area contributed by atoms with Gasteiger partial charge in [-0.2, -0.15) is 0 Å². The van der Waals surface area contributed by atoms with Crippen LogP contribution in [0.3, 0.4) is 0 Å². The third kappa shape index (κ3) is 6.18. The molecule has 2 N–H and O–H groups in total. The van der Waals surface area contributed by atoms with E-state index < -0.39 is 0 Å². The van der Waals surface area contributed by atoms with Crippen molar-refractivity contribution in [3.05, 3.63) is 63.6 Å². The molecule has 2 aromatic rings. The second-order valence-corrected chi connectivity index (χ2v) is 6.29. The van der Waals surface area contributed by atoms with Gasteiger partial charge in [0.05, 0.1) is 0 Å². The Morgan fingerprint density at radius 2 is 1.91 bits per heavy atom. The molecule has 0 aliphatic carbocycles. The summed E-state index contributed by atoms with van der Waals surface area (Å²) in [5, 5.41) is 6.90. The molecule has 0 atom stereocenters. The van der Waals surface area contributed by atoms with E-state index in [1.165, 1.54) is 5.56 Å². The molecule has 5 heteroatoms. The summed E-state index contributed by atoms with van der Waals surface area (Å²) in [5.41, 5.74) is 2.00. The summed E-state index contributed by atoms with van der Waals surface area (Å²) >= 11 is 9.32. The van der Waals surface area contributed by atoms with Crippen LogP contribution in [0.25, 0.3) is 0 Å². The molecule has 0 radical (unpaired) electrons. The molecule has 0 fully saturated rings. The Bertz CT molecular complexity index is 634. The van der Waals surface area contributed by atoms with Gasteiger partial charge in [0.2, 0.25) is 5.91 Å². The third-order valence-electron chi connectivity index (χ3n) is 3.12. The monoisotopic (exact) mass is 380 g/mol. The number of hydrogen-bond donors (Lipinski definition) is 2. The van der Waals surface area contributed by atoms with Crippen molar-refractivity contribution in [1.29, 1.82) is 0 Å². The van der Waals surface area contributed by atoms with Crippen molar-refractivity contribution in [2.75, 3.05) is 18.4 Å². The van der Waals surface area contributed by atoms with E-state index in [1.54, 1.807) is 0 Å². The van der Waals surface area contributed by atoms with Crippen LogP contribution in [0.2, 0.25) is 5.02 Å². The van der Waals surface area contributed by atoms with Crippen LogP contribution in [-0.4, -0.2) is 19.0 Å². The molecular formula is C17H18BrClN2O. The summed E-state index contributed by atoms with van der Waals surface area (Å²) in [6, 6.07) is 15.4. The Kier molecular flexibility index (Phi) is 6.90. The number of carbonyl (C=O) groups is 1. The standard InChI is InChI=1S/C17H18BrClN2O/c18-14-4-2-6-16(12-14)21-17(22)8-10-20-9-7-13-3-1-5-15(19)11-13/h1-6,11-12,20H,7-10H2,(H,21,22). The van der Waals surface area contributed by atoms with Crippen molar-refractivity contribution in [3.8, 4) is 0 Å². The van der Waals surface area contributed by atoms with E-state index in [2.05, 4.69) is 26.6 Å². The zero-order chi connectivity index (χ0) is 15.8. The van der Waals surface area contributed by atoms with Gasteiger partial charge in [0.1, 0.15) is 0 Å². The van der Waals surface area contributed by atoms with Gasteiger partial charge in [0.15, 0.2) is 0 Å². The first-order valence-corrected chi connectivity index (χ1v) is 8.31. The number of benzene rings is 2. The van der Waals surface area contributed by atoms with Gasteiger partial charge in [0.25, 0.3) is 0 Å². The van der Waals surface area contributed by atoms with Gasteiger partial charge in [-0.3, -0.25) is 4.79 Å². The van der Waals surface area contributed by atoms with Crippen LogP contribution in [0.1, 0.15) is 12.0 Å². The minimum absolute atomic E-state index is 0.00774. The van der Waals surface area contributed by atoms with Crippen molar-refractivity contribution < 1.29 is 4.79 Å². The van der Waals surface area contributed by atoms with Crippen LogP contribution in [0.4, 0.5) is 5.69 Å². The maximum Gasteiger partial charge on any atom is 0.225 e.